The summed E-state index contributed by atoms with van der Waals surface area (Å²) in [5.41, 5.74) is 9.40. The molecule has 0 aromatic heterocycles. The maximum absolute atomic E-state index is 9.41. The minimum Gasteiger partial charge on any atom is -0.545 e. The molecule has 0 amide bonds. The molecular weight excluding hydrogens is 355 g/mol. The number of benzene rings is 2. The summed E-state index contributed by atoms with van der Waals surface area (Å²) in [6.45, 7) is 0. The van der Waals surface area contributed by atoms with Crippen LogP contribution in [0.1, 0.15) is 0 Å². The first-order valence-corrected chi connectivity index (χ1v) is 7.21. The highest BCUT2D eigenvalue weighted by atomic mass is 35.5. The van der Waals surface area contributed by atoms with Crippen LogP contribution in [-0.2, 0) is 9.59 Å². The third-order valence-electron chi connectivity index (χ3n) is 2.18. The van der Waals surface area contributed by atoms with Gasteiger partial charge in [0, 0.05) is 34.3 Å². The van der Waals surface area contributed by atoms with E-state index in [1.165, 1.54) is 0 Å². The predicted octanol–water partition coefficient (Wildman–Crippen LogP) is -0.531. The Kier molecular flexibility index (Phi) is 10.9. The summed E-state index contributed by atoms with van der Waals surface area (Å²) in [4.78, 5) is 18.8. The second kappa shape index (κ2) is 12.1. The molecule has 8 heteroatoms. The van der Waals surface area contributed by atoms with Gasteiger partial charge in [-0.25, -0.2) is 0 Å². The maximum Gasteiger partial charge on any atom is 0.128 e. The van der Waals surface area contributed by atoms with Crippen LogP contribution in [-0.4, -0.2) is 11.9 Å². The van der Waals surface area contributed by atoms with Gasteiger partial charge in [-0.15, -0.1) is 0 Å². The van der Waals surface area contributed by atoms with Gasteiger partial charge in [0.2, 0.25) is 0 Å². The van der Waals surface area contributed by atoms with Gasteiger partial charge >= 0.3 is 0 Å². The molecule has 0 saturated heterocycles. The van der Waals surface area contributed by atoms with Crippen molar-refractivity contribution in [2.45, 2.75) is 0 Å². The Morgan fingerprint density at radius 3 is 1.12 bits per heavy atom. The van der Waals surface area contributed by atoms with Crippen molar-refractivity contribution in [1.82, 2.24) is 0 Å². The maximum atomic E-state index is 9.41. The smallest absolute Gasteiger partial charge is 0.128 e. The first-order chi connectivity index (χ1) is 11.2. The van der Waals surface area contributed by atoms with E-state index in [9.17, 15) is 19.8 Å². The van der Waals surface area contributed by atoms with Crippen LogP contribution in [0.3, 0.4) is 0 Å². The summed E-state index contributed by atoms with van der Waals surface area (Å²) in [6.07, 6.45) is 0.769. The van der Waals surface area contributed by atoms with Gasteiger partial charge in [0.15, 0.2) is 0 Å². The zero-order chi connectivity index (χ0) is 18.5. The van der Waals surface area contributed by atoms with Gasteiger partial charge in [-0.2, -0.15) is 0 Å². The molecule has 128 valence electrons. The number of carboxylic acids is 2. The van der Waals surface area contributed by atoms with Crippen molar-refractivity contribution in [3.8, 4) is 0 Å². The number of carbonyl (C=O) groups is 2. The second-order valence-corrected chi connectivity index (χ2v) is 5.10. The molecule has 2 aromatic carbocycles. The number of quaternary nitrogens is 2. The number of halogens is 2. The van der Waals surface area contributed by atoms with Crippen molar-refractivity contribution >= 4 is 46.5 Å². The Morgan fingerprint density at radius 1 is 0.708 bits per heavy atom. The molecule has 0 atom stereocenters. The molecule has 0 saturated carbocycles. The lowest BCUT2D eigenvalue weighted by Crippen LogP contribution is -2.39. The zero-order valence-electron chi connectivity index (χ0n) is 12.6. The summed E-state index contributed by atoms with van der Waals surface area (Å²) >= 11 is 11.2. The Bertz CT molecular complexity index is 570. The van der Waals surface area contributed by atoms with Crippen LogP contribution in [0.4, 0.5) is 11.4 Å². The third-order valence-corrected chi connectivity index (χ3v) is 2.69. The van der Waals surface area contributed by atoms with Crippen molar-refractivity contribution in [2.75, 3.05) is 0 Å². The van der Waals surface area contributed by atoms with Gasteiger partial charge in [-0.05, 0) is 36.4 Å². The minimum atomic E-state index is -1.55. The van der Waals surface area contributed by atoms with Crippen LogP contribution in [0.5, 0.6) is 0 Å². The van der Waals surface area contributed by atoms with E-state index in [-0.39, 0.29) is 0 Å². The Balaban J connectivity index is 0.000000331. The van der Waals surface area contributed by atoms with E-state index in [1.54, 1.807) is 0 Å². The quantitative estimate of drug-likeness (QED) is 0.686. The van der Waals surface area contributed by atoms with Crippen LogP contribution in [0, 0.1) is 0 Å². The predicted molar refractivity (Wildman–Crippen MR) is 87.2 cm³/mol. The number of rotatable bonds is 2. The van der Waals surface area contributed by atoms with Gasteiger partial charge in [0.25, 0.3) is 0 Å². The monoisotopic (exact) mass is 370 g/mol. The van der Waals surface area contributed by atoms with Gasteiger partial charge in [-0.1, -0.05) is 23.2 Å². The van der Waals surface area contributed by atoms with E-state index < -0.39 is 11.9 Å². The Morgan fingerprint density at radius 2 is 0.958 bits per heavy atom. The molecule has 0 aliphatic carbocycles. The van der Waals surface area contributed by atoms with E-state index in [1.807, 2.05) is 48.5 Å². The zero-order valence-corrected chi connectivity index (χ0v) is 14.1. The molecule has 2 aromatic rings. The average molecular weight is 371 g/mol. The number of hydrogen-bond acceptors (Lipinski definition) is 4. The molecule has 0 aliphatic heterocycles. The van der Waals surface area contributed by atoms with Gasteiger partial charge < -0.3 is 31.3 Å². The van der Waals surface area contributed by atoms with Crippen LogP contribution in [0.25, 0.3) is 0 Å². The fraction of sp³-hybridized carbons (Fsp3) is 0. The van der Waals surface area contributed by atoms with E-state index in [4.69, 9.17) is 23.2 Å². The molecular formula is C16H16Cl2N2O4. The molecule has 6 nitrogen and oxygen atoms in total. The summed E-state index contributed by atoms with van der Waals surface area (Å²) in [7, 11) is 0. The van der Waals surface area contributed by atoms with Gasteiger partial charge in [0.05, 0.1) is 11.9 Å². The van der Waals surface area contributed by atoms with Gasteiger partial charge in [0.1, 0.15) is 11.4 Å². The van der Waals surface area contributed by atoms with E-state index in [0.717, 1.165) is 21.4 Å². The van der Waals surface area contributed by atoms with Crippen LogP contribution >= 0.6 is 23.2 Å². The summed E-state index contributed by atoms with van der Waals surface area (Å²) in [6, 6.07) is 14.8. The first kappa shape index (κ1) is 21.6. The molecule has 2 rings (SSSR count). The van der Waals surface area contributed by atoms with Crippen LogP contribution in [0.15, 0.2) is 60.7 Å². The number of hydrogen-bond donors (Lipinski definition) is 2. The molecule has 0 heterocycles. The Hall–Kier alpha value is -2.38. The highest BCUT2D eigenvalue weighted by Gasteiger charge is 1.86. The van der Waals surface area contributed by atoms with Crippen molar-refractivity contribution in [3.05, 3.63) is 70.7 Å². The first-order valence-electron chi connectivity index (χ1n) is 6.45. The van der Waals surface area contributed by atoms with Crippen molar-refractivity contribution in [1.29, 1.82) is 0 Å². The number of aliphatic carboxylic acids is 2. The molecule has 0 fully saturated rings. The second-order valence-electron chi connectivity index (χ2n) is 4.22. The summed E-state index contributed by atoms with van der Waals surface area (Å²) < 4.78 is 0. The molecule has 0 spiro atoms. The lowest BCUT2D eigenvalue weighted by Gasteiger charge is -1.90. The van der Waals surface area contributed by atoms with Crippen molar-refractivity contribution in [3.63, 3.8) is 0 Å². The summed E-state index contributed by atoms with van der Waals surface area (Å²) in [5.74, 6) is -3.09. The Labute approximate surface area is 148 Å². The minimum absolute atomic E-state index is 0.384. The highest BCUT2D eigenvalue weighted by Crippen LogP contribution is 2.09. The summed E-state index contributed by atoms with van der Waals surface area (Å²) in [5, 5.41) is 20.4. The highest BCUT2D eigenvalue weighted by molar-refractivity contribution is 6.30. The SMILES string of the molecule is O=C([O-])/C=C\C(=O)[O-].[NH3+]c1ccc(Cl)cc1.[NH3+]c1ccc(Cl)cc1. The molecule has 0 aliphatic rings. The molecule has 0 bridgehead atoms. The van der Waals surface area contributed by atoms with Crippen LogP contribution in [0.2, 0.25) is 10.0 Å². The largest absolute Gasteiger partial charge is 0.545 e. The van der Waals surface area contributed by atoms with Crippen LogP contribution < -0.4 is 21.7 Å². The normalized spacial score (nSPS) is 9.33. The topological polar surface area (TPSA) is 136 Å². The van der Waals surface area contributed by atoms with E-state index >= 15 is 0 Å². The number of carboxylic acid groups (broad SMARTS) is 2. The van der Waals surface area contributed by atoms with Crippen molar-refractivity contribution < 1.29 is 31.3 Å². The standard InChI is InChI=1S/2C6H6ClN.C4H4O4/c2*7-5-1-3-6(8)4-2-5;5-3(6)1-2-4(7)8/h2*1-4H,8H2;1-2H,(H,5,6)(H,7,8)/b;;2-1-. The molecule has 24 heavy (non-hydrogen) atoms. The number of carbonyl (C=O) groups excluding carboxylic acids is 2. The fourth-order valence-corrected chi connectivity index (χ4v) is 1.36. The van der Waals surface area contributed by atoms with Crippen molar-refractivity contribution in [2.24, 2.45) is 0 Å². The van der Waals surface area contributed by atoms with E-state index in [0.29, 0.717) is 12.2 Å². The third kappa shape index (κ3) is 13.3. The van der Waals surface area contributed by atoms with Gasteiger partial charge in [-0.3, -0.25) is 0 Å². The molecule has 0 unspecified atom stereocenters. The average Bonchev–Trinajstić information content (AvgIpc) is 2.52. The molecule has 6 N–H and O–H groups in total. The lowest BCUT2D eigenvalue weighted by molar-refractivity contribution is -0.301. The molecule has 0 radical (unpaired) electrons. The van der Waals surface area contributed by atoms with E-state index in [2.05, 4.69) is 11.5 Å². The fourth-order valence-electron chi connectivity index (χ4n) is 1.10. The lowest BCUT2D eigenvalue weighted by atomic mass is 10.3.